The van der Waals surface area contributed by atoms with Crippen molar-refractivity contribution >= 4 is 18.0 Å². The fourth-order valence-electron chi connectivity index (χ4n) is 2.14. The number of amides is 1. The van der Waals surface area contributed by atoms with Gasteiger partial charge < -0.3 is 19.5 Å². The Bertz CT molecular complexity index is 669. The summed E-state index contributed by atoms with van der Waals surface area (Å²) < 4.78 is 10.4. The van der Waals surface area contributed by atoms with E-state index in [1.54, 1.807) is 29.2 Å². The highest BCUT2D eigenvalue weighted by molar-refractivity contribution is 6.01. The van der Waals surface area contributed by atoms with Gasteiger partial charge in [-0.05, 0) is 30.7 Å². The third-order valence-electron chi connectivity index (χ3n) is 3.50. The Balaban J connectivity index is 2.09. The molecular weight excluding hydrogens is 312 g/mol. The number of benzene rings is 1. The second-order valence-electron chi connectivity index (χ2n) is 5.24. The van der Waals surface area contributed by atoms with Crippen molar-refractivity contribution in [2.24, 2.45) is 0 Å². The minimum Gasteiger partial charge on any atom is -0.479 e. The number of nitriles is 1. The lowest BCUT2D eigenvalue weighted by Crippen LogP contribution is -2.41. The van der Waals surface area contributed by atoms with E-state index in [4.69, 9.17) is 14.6 Å². The molecule has 1 fully saturated rings. The van der Waals surface area contributed by atoms with Crippen LogP contribution in [-0.4, -0.2) is 54.3 Å². The summed E-state index contributed by atoms with van der Waals surface area (Å²) in [7, 11) is 0. The molecule has 1 aromatic rings. The number of hydrogen-bond donors (Lipinski definition) is 1. The Morgan fingerprint density at radius 1 is 1.33 bits per heavy atom. The first-order chi connectivity index (χ1) is 11.5. The van der Waals surface area contributed by atoms with Gasteiger partial charge >= 0.3 is 5.97 Å². The van der Waals surface area contributed by atoms with Crippen LogP contribution in [0.25, 0.3) is 6.08 Å². The van der Waals surface area contributed by atoms with Gasteiger partial charge in [-0.15, -0.1) is 0 Å². The first-order valence-corrected chi connectivity index (χ1v) is 7.49. The van der Waals surface area contributed by atoms with Gasteiger partial charge in [-0.25, -0.2) is 4.79 Å². The van der Waals surface area contributed by atoms with Crippen molar-refractivity contribution in [1.29, 1.82) is 5.26 Å². The van der Waals surface area contributed by atoms with Crippen LogP contribution in [0.15, 0.2) is 29.8 Å². The van der Waals surface area contributed by atoms with Crippen LogP contribution in [-0.2, 0) is 14.3 Å². The maximum Gasteiger partial charge on any atom is 0.344 e. The number of morpholine rings is 1. The van der Waals surface area contributed by atoms with Crippen LogP contribution in [0.1, 0.15) is 12.5 Å². The van der Waals surface area contributed by atoms with E-state index < -0.39 is 12.1 Å². The molecule has 1 aliphatic rings. The molecule has 0 unspecified atom stereocenters. The lowest BCUT2D eigenvalue weighted by atomic mass is 10.1. The van der Waals surface area contributed by atoms with Crippen molar-refractivity contribution < 1.29 is 24.2 Å². The predicted molar refractivity (Wildman–Crippen MR) is 85.2 cm³/mol. The van der Waals surface area contributed by atoms with E-state index in [1.165, 1.54) is 13.0 Å². The van der Waals surface area contributed by atoms with Gasteiger partial charge in [-0.3, -0.25) is 4.79 Å². The molecule has 24 heavy (non-hydrogen) atoms. The van der Waals surface area contributed by atoms with E-state index in [-0.39, 0.29) is 11.5 Å². The molecule has 0 spiro atoms. The van der Waals surface area contributed by atoms with E-state index in [0.717, 1.165) is 0 Å². The van der Waals surface area contributed by atoms with Crippen LogP contribution < -0.4 is 4.74 Å². The van der Waals surface area contributed by atoms with Gasteiger partial charge in [0.15, 0.2) is 6.10 Å². The number of hydrogen-bond acceptors (Lipinski definition) is 5. The Morgan fingerprint density at radius 2 is 1.96 bits per heavy atom. The molecule has 126 valence electrons. The summed E-state index contributed by atoms with van der Waals surface area (Å²) >= 11 is 0. The molecule has 1 heterocycles. The number of carboxylic acids is 1. The fraction of sp³-hybridized carbons (Fsp3) is 0.353. The molecule has 1 saturated heterocycles. The number of carboxylic acid groups (broad SMARTS) is 1. The monoisotopic (exact) mass is 330 g/mol. The van der Waals surface area contributed by atoms with Gasteiger partial charge in [0.1, 0.15) is 17.4 Å². The Kier molecular flexibility index (Phi) is 5.93. The lowest BCUT2D eigenvalue weighted by Gasteiger charge is -2.26. The normalized spacial score (nSPS) is 16.2. The number of carbonyl (C=O) groups excluding carboxylic acids is 1. The maximum atomic E-state index is 12.3. The molecule has 1 N–H and O–H groups in total. The fourth-order valence-corrected chi connectivity index (χ4v) is 2.14. The Labute approximate surface area is 139 Å². The molecule has 0 aliphatic carbocycles. The predicted octanol–water partition coefficient (Wildman–Crippen LogP) is 1.30. The largest absolute Gasteiger partial charge is 0.479 e. The molecule has 7 nitrogen and oxygen atoms in total. The Morgan fingerprint density at radius 3 is 2.50 bits per heavy atom. The van der Waals surface area contributed by atoms with Crippen LogP contribution in [0.5, 0.6) is 5.75 Å². The summed E-state index contributed by atoms with van der Waals surface area (Å²) in [6, 6.07) is 8.44. The van der Waals surface area contributed by atoms with E-state index in [9.17, 15) is 14.9 Å². The van der Waals surface area contributed by atoms with Gasteiger partial charge in [0.2, 0.25) is 0 Å². The zero-order valence-electron chi connectivity index (χ0n) is 13.3. The third kappa shape index (κ3) is 4.57. The van der Waals surface area contributed by atoms with E-state index >= 15 is 0 Å². The van der Waals surface area contributed by atoms with E-state index in [2.05, 4.69) is 0 Å². The second-order valence-corrected chi connectivity index (χ2v) is 5.24. The average molecular weight is 330 g/mol. The summed E-state index contributed by atoms with van der Waals surface area (Å²) in [5, 5.41) is 18.0. The number of nitrogens with zero attached hydrogens (tertiary/aromatic N) is 2. The van der Waals surface area contributed by atoms with Crippen molar-refractivity contribution in [3.63, 3.8) is 0 Å². The summed E-state index contributed by atoms with van der Waals surface area (Å²) in [4.78, 5) is 24.7. The van der Waals surface area contributed by atoms with Gasteiger partial charge in [-0.1, -0.05) is 12.1 Å². The highest BCUT2D eigenvalue weighted by Gasteiger charge is 2.20. The van der Waals surface area contributed by atoms with E-state index in [0.29, 0.717) is 37.6 Å². The molecule has 1 aliphatic heterocycles. The van der Waals surface area contributed by atoms with Gasteiger partial charge in [0.25, 0.3) is 5.91 Å². The van der Waals surface area contributed by atoms with Gasteiger partial charge in [0, 0.05) is 13.1 Å². The molecule has 0 radical (unpaired) electrons. The smallest absolute Gasteiger partial charge is 0.344 e. The van der Waals surface area contributed by atoms with Crippen molar-refractivity contribution in [2.75, 3.05) is 26.3 Å². The van der Waals surface area contributed by atoms with Crippen LogP contribution in [0.3, 0.4) is 0 Å². The minimum absolute atomic E-state index is 0.0458. The van der Waals surface area contributed by atoms with Crippen LogP contribution in [0.2, 0.25) is 0 Å². The quantitative estimate of drug-likeness (QED) is 0.645. The van der Waals surface area contributed by atoms with Crippen molar-refractivity contribution in [1.82, 2.24) is 4.90 Å². The second kappa shape index (κ2) is 8.13. The minimum atomic E-state index is -1.05. The number of aliphatic carboxylic acids is 1. The highest BCUT2D eigenvalue weighted by Crippen LogP contribution is 2.17. The summed E-state index contributed by atoms with van der Waals surface area (Å²) in [6.07, 6.45) is 0.548. The topological polar surface area (TPSA) is 99.9 Å². The molecule has 0 bridgehead atoms. The summed E-state index contributed by atoms with van der Waals surface area (Å²) in [5.74, 6) is -0.970. The van der Waals surface area contributed by atoms with Crippen molar-refractivity contribution in [3.8, 4) is 11.8 Å². The number of rotatable bonds is 5. The molecule has 7 heteroatoms. The van der Waals surface area contributed by atoms with Crippen LogP contribution in [0, 0.1) is 11.3 Å². The highest BCUT2D eigenvalue weighted by atomic mass is 16.5. The number of ether oxygens (including phenoxy) is 2. The molecule has 0 saturated carbocycles. The lowest BCUT2D eigenvalue weighted by molar-refractivity contribution is -0.144. The molecule has 0 aromatic heterocycles. The van der Waals surface area contributed by atoms with Gasteiger partial charge in [0.05, 0.1) is 13.2 Å². The van der Waals surface area contributed by atoms with Crippen LogP contribution in [0.4, 0.5) is 0 Å². The van der Waals surface area contributed by atoms with Crippen molar-refractivity contribution in [2.45, 2.75) is 13.0 Å². The Hall–Kier alpha value is -2.85. The first kappa shape index (κ1) is 17.5. The number of carbonyl (C=O) groups is 2. The molecule has 1 aromatic carbocycles. The molecule has 1 atom stereocenters. The maximum absolute atomic E-state index is 12.3. The first-order valence-electron chi connectivity index (χ1n) is 7.49. The summed E-state index contributed by atoms with van der Waals surface area (Å²) in [5.41, 5.74) is 0.702. The molecular formula is C17H18N2O5. The molecule has 2 rings (SSSR count). The molecule has 1 amide bonds. The zero-order valence-corrected chi connectivity index (χ0v) is 13.3. The average Bonchev–Trinajstić information content (AvgIpc) is 2.61. The van der Waals surface area contributed by atoms with Crippen molar-refractivity contribution in [3.05, 3.63) is 35.4 Å². The van der Waals surface area contributed by atoms with Crippen LogP contribution >= 0.6 is 0 Å². The van der Waals surface area contributed by atoms with Gasteiger partial charge in [-0.2, -0.15) is 5.26 Å². The van der Waals surface area contributed by atoms with E-state index in [1.807, 2.05) is 6.07 Å². The summed E-state index contributed by atoms with van der Waals surface area (Å²) in [6.45, 7) is 3.32. The standard InChI is InChI=1S/C17H18N2O5/c1-12(17(21)22)24-15-4-2-13(3-5-15)10-14(11-18)16(20)19-6-8-23-9-7-19/h2-5,10,12H,6-9H2,1H3,(H,21,22)/b14-10+/t12-/m0/s1. The third-order valence-corrected chi connectivity index (χ3v) is 3.50. The zero-order chi connectivity index (χ0) is 17.5. The SMILES string of the molecule is C[C@H](Oc1ccc(/C=C(\C#N)C(=O)N2CCOCC2)cc1)C(=O)O.